The number of carbonyl (C=O) groups excluding carboxylic acids is 3. The predicted octanol–water partition coefficient (Wildman–Crippen LogP) is 1.68. The van der Waals surface area contributed by atoms with Gasteiger partial charge in [-0.25, -0.2) is 4.79 Å². The lowest BCUT2D eigenvalue weighted by Crippen LogP contribution is -2.57. The molecule has 8 nitrogen and oxygen atoms in total. The SMILES string of the molecule is CCCN1CCN(C(=O)CN2CCN(C(=O)Nc3ccc(Br)cc3)CC2=O)CC1. The number of benzene rings is 1. The summed E-state index contributed by atoms with van der Waals surface area (Å²) in [7, 11) is 0. The van der Waals surface area contributed by atoms with Crippen molar-refractivity contribution in [3.05, 3.63) is 28.7 Å². The minimum Gasteiger partial charge on any atom is -0.339 e. The first kappa shape index (κ1) is 21.6. The van der Waals surface area contributed by atoms with Crippen LogP contribution in [-0.2, 0) is 9.59 Å². The maximum Gasteiger partial charge on any atom is 0.322 e. The highest BCUT2D eigenvalue weighted by molar-refractivity contribution is 9.10. The molecule has 29 heavy (non-hydrogen) atoms. The van der Waals surface area contributed by atoms with Gasteiger partial charge in [0.05, 0.1) is 6.54 Å². The molecule has 1 aromatic rings. The molecule has 0 radical (unpaired) electrons. The van der Waals surface area contributed by atoms with Crippen molar-refractivity contribution in [1.29, 1.82) is 0 Å². The average Bonchev–Trinajstić information content (AvgIpc) is 2.72. The van der Waals surface area contributed by atoms with Gasteiger partial charge in [-0.1, -0.05) is 22.9 Å². The van der Waals surface area contributed by atoms with Gasteiger partial charge in [0.15, 0.2) is 0 Å². The molecular weight excluding hydrogens is 438 g/mol. The third-order valence-electron chi connectivity index (χ3n) is 5.29. The number of urea groups is 1. The highest BCUT2D eigenvalue weighted by atomic mass is 79.9. The molecule has 158 valence electrons. The Hall–Kier alpha value is -2.13. The van der Waals surface area contributed by atoms with E-state index in [0.717, 1.165) is 30.5 Å². The summed E-state index contributed by atoms with van der Waals surface area (Å²) in [6, 6.07) is 6.95. The Labute approximate surface area is 179 Å². The molecule has 0 saturated carbocycles. The average molecular weight is 466 g/mol. The van der Waals surface area contributed by atoms with Gasteiger partial charge in [-0.15, -0.1) is 0 Å². The predicted molar refractivity (Wildman–Crippen MR) is 115 cm³/mol. The van der Waals surface area contributed by atoms with Crippen LogP contribution in [-0.4, -0.2) is 96.3 Å². The quantitative estimate of drug-likeness (QED) is 0.717. The molecule has 2 aliphatic heterocycles. The number of amides is 4. The number of piperazine rings is 2. The summed E-state index contributed by atoms with van der Waals surface area (Å²) in [6.45, 7) is 7.27. The van der Waals surface area contributed by atoms with Crippen LogP contribution in [0.4, 0.5) is 10.5 Å². The number of anilines is 1. The summed E-state index contributed by atoms with van der Waals surface area (Å²) in [5.41, 5.74) is 0.672. The summed E-state index contributed by atoms with van der Waals surface area (Å²) >= 11 is 3.35. The summed E-state index contributed by atoms with van der Waals surface area (Å²) < 4.78 is 0.927. The zero-order chi connectivity index (χ0) is 20.8. The van der Waals surface area contributed by atoms with Gasteiger partial charge in [0.1, 0.15) is 6.54 Å². The Balaban J connectivity index is 1.45. The van der Waals surface area contributed by atoms with Crippen molar-refractivity contribution in [3.63, 3.8) is 0 Å². The van der Waals surface area contributed by atoms with Crippen LogP contribution >= 0.6 is 15.9 Å². The first-order valence-corrected chi connectivity index (χ1v) is 10.8. The lowest BCUT2D eigenvalue weighted by Gasteiger charge is -2.37. The number of rotatable bonds is 5. The van der Waals surface area contributed by atoms with E-state index in [1.54, 1.807) is 17.0 Å². The molecule has 0 aromatic heterocycles. The number of nitrogens with one attached hydrogen (secondary N) is 1. The highest BCUT2D eigenvalue weighted by Gasteiger charge is 2.30. The maximum absolute atomic E-state index is 12.6. The maximum atomic E-state index is 12.6. The van der Waals surface area contributed by atoms with Crippen LogP contribution in [0.5, 0.6) is 0 Å². The van der Waals surface area contributed by atoms with Crippen LogP contribution in [0.15, 0.2) is 28.7 Å². The Morgan fingerprint density at radius 3 is 2.28 bits per heavy atom. The Morgan fingerprint density at radius 2 is 1.66 bits per heavy atom. The normalized spacial score (nSPS) is 18.1. The van der Waals surface area contributed by atoms with E-state index in [4.69, 9.17) is 0 Å². The van der Waals surface area contributed by atoms with E-state index in [1.807, 2.05) is 17.0 Å². The largest absolute Gasteiger partial charge is 0.339 e. The molecule has 2 fully saturated rings. The molecular formula is C20H28BrN5O3. The van der Waals surface area contributed by atoms with E-state index >= 15 is 0 Å². The van der Waals surface area contributed by atoms with Crippen molar-refractivity contribution in [1.82, 2.24) is 19.6 Å². The molecule has 2 aliphatic rings. The summed E-state index contributed by atoms with van der Waals surface area (Å²) in [5, 5.41) is 2.80. The Morgan fingerprint density at radius 1 is 1.00 bits per heavy atom. The van der Waals surface area contributed by atoms with Gasteiger partial charge >= 0.3 is 6.03 Å². The Kier molecular flexibility index (Phi) is 7.49. The first-order chi connectivity index (χ1) is 14.0. The minimum absolute atomic E-state index is 0.0118. The molecule has 2 heterocycles. The lowest BCUT2D eigenvalue weighted by molar-refractivity contribution is -0.143. The fourth-order valence-corrected chi connectivity index (χ4v) is 3.85. The van der Waals surface area contributed by atoms with Crippen molar-refractivity contribution < 1.29 is 14.4 Å². The zero-order valence-corrected chi connectivity index (χ0v) is 18.4. The number of nitrogens with zero attached hydrogens (tertiary/aromatic N) is 4. The van der Waals surface area contributed by atoms with Gasteiger partial charge in [-0.2, -0.15) is 0 Å². The molecule has 0 atom stereocenters. The Bertz CT molecular complexity index is 734. The summed E-state index contributed by atoms with van der Waals surface area (Å²) in [6.07, 6.45) is 1.11. The van der Waals surface area contributed by atoms with Crippen LogP contribution in [0.3, 0.4) is 0 Å². The molecule has 2 saturated heterocycles. The van der Waals surface area contributed by atoms with Gasteiger partial charge in [-0.05, 0) is 37.2 Å². The van der Waals surface area contributed by atoms with E-state index < -0.39 is 0 Å². The van der Waals surface area contributed by atoms with Crippen LogP contribution in [0.2, 0.25) is 0 Å². The smallest absolute Gasteiger partial charge is 0.322 e. The molecule has 3 rings (SSSR count). The molecule has 0 spiro atoms. The topological polar surface area (TPSA) is 76.2 Å². The second-order valence-electron chi connectivity index (χ2n) is 7.40. The molecule has 4 amide bonds. The summed E-state index contributed by atoms with van der Waals surface area (Å²) in [4.78, 5) is 44.7. The van der Waals surface area contributed by atoms with Gasteiger partial charge in [0.25, 0.3) is 0 Å². The van der Waals surface area contributed by atoms with E-state index in [1.165, 1.54) is 4.90 Å². The standard InChI is InChI=1S/C20H28BrN5O3/c1-2-7-23-8-10-24(11-9-23)18(27)14-25-12-13-26(15-19(25)28)20(29)22-17-5-3-16(21)4-6-17/h3-6H,2,7-15H2,1H3,(H,22,29). The van der Waals surface area contributed by atoms with Crippen molar-refractivity contribution >= 4 is 39.5 Å². The second-order valence-corrected chi connectivity index (χ2v) is 8.31. The van der Waals surface area contributed by atoms with Gasteiger partial charge in [0.2, 0.25) is 11.8 Å². The first-order valence-electron chi connectivity index (χ1n) is 10.1. The van der Waals surface area contributed by atoms with Crippen molar-refractivity contribution in [2.75, 3.05) is 64.2 Å². The molecule has 0 aliphatic carbocycles. The fraction of sp³-hybridized carbons (Fsp3) is 0.550. The van der Waals surface area contributed by atoms with Crippen LogP contribution in [0.1, 0.15) is 13.3 Å². The van der Waals surface area contributed by atoms with E-state index in [2.05, 4.69) is 33.1 Å². The monoisotopic (exact) mass is 465 g/mol. The van der Waals surface area contributed by atoms with E-state index in [0.29, 0.717) is 31.9 Å². The van der Waals surface area contributed by atoms with Crippen LogP contribution < -0.4 is 5.32 Å². The lowest BCUT2D eigenvalue weighted by atomic mass is 10.2. The van der Waals surface area contributed by atoms with Crippen molar-refractivity contribution in [2.45, 2.75) is 13.3 Å². The van der Waals surface area contributed by atoms with Crippen LogP contribution in [0.25, 0.3) is 0 Å². The molecule has 1 N–H and O–H groups in total. The van der Waals surface area contributed by atoms with Crippen LogP contribution in [0, 0.1) is 0 Å². The fourth-order valence-electron chi connectivity index (χ4n) is 3.59. The highest BCUT2D eigenvalue weighted by Crippen LogP contribution is 2.15. The summed E-state index contributed by atoms with van der Waals surface area (Å²) in [5.74, 6) is -0.206. The van der Waals surface area contributed by atoms with Gasteiger partial charge in [-0.3, -0.25) is 14.5 Å². The minimum atomic E-state index is -0.307. The zero-order valence-electron chi connectivity index (χ0n) is 16.8. The molecule has 9 heteroatoms. The number of carbonyl (C=O) groups is 3. The molecule has 1 aromatic carbocycles. The van der Waals surface area contributed by atoms with E-state index in [9.17, 15) is 14.4 Å². The number of hydrogen-bond donors (Lipinski definition) is 1. The number of hydrogen-bond acceptors (Lipinski definition) is 4. The second kappa shape index (κ2) is 10.1. The molecule has 0 unspecified atom stereocenters. The third-order valence-corrected chi connectivity index (χ3v) is 5.82. The van der Waals surface area contributed by atoms with Gasteiger partial charge in [0, 0.05) is 49.4 Å². The van der Waals surface area contributed by atoms with Crippen molar-refractivity contribution in [3.8, 4) is 0 Å². The third kappa shape index (κ3) is 5.93. The molecule has 0 bridgehead atoms. The number of halogens is 1. The van der Waals surface area contributed by atoms with Crippen molar-refractivity contribution in [2.24, 2.45) is 0 Å². The van der Waals surface area contributed by atoms with E-state index in [-0.39, 0.29) is 30.9 Å². The van der Waals surface area contributed by atoms with Gasteiger partial charge < -0.3 is 20.0 Å².